The van der Waals surface area contributed by atoms with Crippen molar-refractivity contribution in [2.75, 3.05) is 20.8 Å². The standard InChI is InChI=1S/C31H32FNO5/c1-31(2,3)22-11-7-20(8-12-22)27-26(28(34)21-9-13-23(32)14-10-21)29(35)30(36)33(27)17-16-19-6-15-24(37-4)25(18-19)38-5/h6-15,18,27,34H,16-17H2,1-5H3/t27-/m1/s1. The van der Waals surface area contributed by atoms with Crippen LogP contribution < -0.4 is 9.47 Å². The largest absolute Gasteiger partial charge is 0.507 e. The number of benzene rings is 3. The van der Waals surface area contributed by atoms with Gasteiger partial charge in [0, 0.05) is 12.1 Å². The number of carbonyl (C=O) groups excluding carboxylic acids is 2. The van der Waals surface area contributed by atoms with Crippen LogP contribution in [0.4, 0.5) is 4.39 Å². The van der Waals surface area contributed by atoms with Crippen molar-refractivity contribution in [1.29, 1.82) is 0 Å². The van der Waals surface area contributed by atoms with Crippen LogP contribution in [-0.2, 0) is 21.4 Å². The maximum Gasteiger partial charge on any atom is 0.295 e. The zero-order valence-electron chi connectivity index (χ0n) is 22.2. The molecule has 0 spiro atoms. The molecule has 1 aliphatic rings. The van der Waals surface area contributed by atoms with Crippen LogP contribution in [0, 0.1) is 5.82 Å². The Morgan fingerprint density at radius 1 is 0.921 bits per heavy atom. The number of aliphatic hydroxyl groups is 1. The molecule has 1 N–H and O–H groups in total. The fourth-order valence-electron chi connectivity index (χ4n) is 4.67. The molecule has 1 amide bonds. The molecule has 0 radical (unpaired) electrons. The molecule has 3 aromatic rings. The molecule has 7 heteroatoms. The van der Waals surface area contributed by atoms with Crippen LogP contribution in [0.1, 0.15) is 49.1 Å². The average molecular weight is 518 g/mol. The normalized spacial score (nSPS) is 17.1. The van der Waals surface area contributed by atoms with Gasteiger partial charge in [0.15, 0.2) is 11.5 Å². The van der Waals surface area contributed by atoms with Gasteiger partial charge in [-0.25, -0.2) is 4.39 Å². The second kappa shape index (κ2) is 10.7. The van der Waals surface area contributed by atoms with E-state index >= 15 is 0 Å². The fourth-order valence-corrected chi connectivity index (χ4v) is 4.67. The fraction of sp³-hybridized carbons (Fsp3) is 0.290. The third kappa shape index (κ3) is 5.28. The number of hydrogen-bond acceptors (Lipinski definition) is 5. The summed E-state index contributed by atoms with van der Waals surface area (Å²) in [7, 11) is 3.11. The van der Waals surface area contributed by atoms with E-state index in [9.17, 15) is 19.1 Å². The van der Waals surface area contributed by atoms with E-state index in [1.54, 1.807) is 20.3 Å². The number of likely N-dealkylation sites (tertiary alicyclic amines) is 1. The van der Waals surface area contributed by atoms with Crippen molar-refractivity contribution in [1.82, 2.24) is 4.90 Å². The van der Waals surface area contributed by atoms with Gasteiger partial charge in [0.05, 0.1) is 25.8 Å². The molecule has 0 saturated carbocycles. The molecule has 1 aliphatic heterocycles. The summed E-state index contributed by atoms with van der Waals surface area (Å²) in [5, 5.41) is 11.2. The molecular weight excluding hydrogens is 485 g/mol. The molecule has 4 rings (SSSR count). The van der Waals surface area contributed by atoms with Gasteiger partial charge in [0.1, 0.15) is 11.6 Å². The molecule has 1 saturated heterocycles. The molecule has 0 aromatic heterocycles. The summed E-state index contributed by atoms with van der Waals surface area (Å²) in [5.41, 5.74) is 2.86. The lowest BCUT2D eigenvalue weighted by Gasteiger charge is -2.26. The predicted molar refractivity (Wildman–Crippen MR) is 144 cm³/mol. The lowest BCUT2D eigenvalue weighted by atomic mass is 9.85. The number of Topliss-reactive ketones (excluding diaryl/α,β-unsaturated/α-hetero) is 1. The molecule has 1 fully saturated rings. The van der Waals surface area contributed by atoms with Gasteiger partial charge in [-0.1, -0.05) is 51.1 Å². The number of nitrogens with zero attached hydrogens (tertiary/aromatic N) is 1. The molecule has 38 heavy (non-hydrogen) atoms. The Labute approximate surface area is 222 Å². The zero-order valence-corrected chi connectivity index (χ0v) is 22.2. The molecule has 198 valence electrons. The van der Waals surface area contributed by atoms with Crippen LogP contribution in [0.2, 0.25) is 0 Å². The summed E-state index contributed by atoms with van der Waals surface area (Å²) in [4.78, 5) is 28.1. The first kappa shape index (κ1) is 26.9. The van der Waals surface area contributed by atoms with Crippen molar-refractivity contribution in [2.45, 2.75) is 38.6 Å². The minimum absolute atomic E-state index is 0.0163. The van der Waals surface area contributed by atoms with E-state index in [-0.39, 0.29) is 28.9 Å². The van der Waals surface area contributed by atoms with E-state index in [0.717, 1.165) is 11.1 Å². The zero-order chi connectivity index (χ0) is 27.6. The van der Waals surface area contributed by atoms with Crippen molar-refractivity contribution in [3.05, 3.63) is 100 Å². The summed E-state index contributed by atoms with van der Waals surface area (Å²) in [6.07, 6.45) is 0.445. The van der Waals surface area contributed by atoms with Crippen molar-refractivity contribution < 1.29 is 28.6 Å². The first-order valence-electron chi connectivity index (χ1n) is 12.4. The SMILES string of the molecule is COc1ccc(CCN2C(=O)C(=O)C(=C(O)c3ccc(F)cc3)[C@H]2c2ccc(C(C)(C)C)cc2)cc1OC. The van der Waals surface area contributed by atoms with Crippen molar-refractivity contribution in [3.63, 3.8) is 0 Å². The second-order valence-corrected chi connectivity index (χ2v) is 10.3. The average Bonchev–Trinajstić information content (AvgIpc) is 3.16. The quantitative estimate of drug-likeness (QED) is 0.243. The van der Waals surface area contributed by atoms with Gasteiger partial charge in [0.2, 0.25) is 0 Å². The molecule has 0 aliphatic carbocycles. The molecular formula is C31H32FNO5. The van der Waals surface area contributed by atoms with Crippen molar-refractivity contribution >= 4 is 17.4 Å². The maximum absolute atomic E-state index is 13.5. The highest BCUT2D eigenvalue weighted by Crippen LogP contribution is 2.40. The molecule has 0 bridgehead atoms. The Morgan fingerprint density at radius 3 is 2.13 bits per heavy atom. The van der Waals surface area contributed by atoms with Crippen LogP contribution in [0.5, 0.6) is 11.5 Å². The Kier molecular flexibility index (Phi) is 7.58. The van der Waals surface area contributed by atoms with Crippen molar-refractivity contribution in [3.8, 4) is 11.5 Å². The van der Waals surface area contributed by atoms with Gasteiger partial charge in [-0.2, -0.15) is 0 Å². The highest BCUT2D eigenvalue weighted by molar-refractivity contribution is 6.46. The van der Waals surface area contributed by atoms with E-state index in [1.165, 1.54) is 29.2 Å². The van der Waals surface area contributed by atoms with Gasteiger partial charge < -0.3 is 19.5 Å². The van der Waals surface area contributed by atoms with Gasteiger partial charge in [-0.05, 0) is 64.9 Å². The second-order valence-electron chi connectivity index (χ2n) is 10.3. The lowest BCUT2D eigenvalue weighted by Crippen LogP contribution is -2.31. The highest BCUT2D eigenvalue weighted by atomic mass is 19.1. The third-order valence-electron chi connectivity index (χ3n) is 6.84. The Bertz CT molecular complexity index is 1370. The van der Waals surface area contributed by atoms with Crippen molar-refractivity contribution in [2.24, 2.45) is 0 Å². The summed E-state index contributed by atoms with van der Waals surface area (Å²) < 4.78 is 24.2. The van der Waals surface area contributed by atoms with E-state index in [2.05, 4.69) is 20.8 Å². The highest BCUT2D eigenvalue weighted by Gasteiger charge is 2.45. The van der Waals surface area contributed by atoms with E-state index in [0.29, 0.717) is 23.5 Å². The van der Waals surface area contributed by atoms with Crippen LogP contribution in [-0.4, -0.2) is 42.5 Å². The van der Waals surface area contributed by atoms with Crippen LogP contribution in [0.3, 0.4) is 0 Å². The lowest BCUT2D eigenvalue weighted by molar-refractivity contribution is -0.139. The third-order valence-corrected chi connectivity index (χ3v) is 6.84. The number of rotatable bonds is 7. The minimum atomic E-state index is -0.797. The first-order valence-corrected chi connectivity index (χ1v) is 12.4. The molecule has 3 aromatic carbocycles. The topological polar surface area (TPSA) is 76.1 Å². The van der Waals surface area contributed by atoms with Crippen LogP contribution in [0.25, 0.3) is 5.76 Å². The summed E-state index contributed by atoms with van der Waals surface area (Å²) in [6.45, 7) is 6.54. The Morgan fingerprint density at radius 2 is 1.55 bits per heavy atom. The Hall–Kier alpha value is -4.13. The minimum Gasteiger partial charge on any atom is -0.507 e. The molecule has 1 atom stereocenters. The summed E-state index contributed by atoms with van der Waals surface area (Å²) in [6, 6.07) is 17.6. The number of halogens is 1. The Balaban J connectivity index is 1.76. The number of aliphatic hydroxyl groups excluding tert-OH is 1. The smallest absolute Gasteiger partial charge is 0.295 e. The van der Waals surface area contributed by atoms with Gasteiger partial charge in [0.25, 0.3) is 11.7 Å². The monoisotopic (exact) mass is 517 g/mol. The molecule has 6 nitrogen and oxygen atoms in total. The molecule has 1 heterocycles. The number of carbonyl (C=O) groups is 2. The maximum atomic E-state index is 13.5. The number of methoxy groups -OCH3 is 2. The van der Waals surface area contributed by atoms with Crippen LogP contribution >= 0.6 is 0 Å². The van der Waals surface area contributed by atoms with E-state index < -0.39 is 23.5 Å². The van der Waals surface area contributed by atoms with Gasteiger partial charge in [-0.15, -0.1) is 0 Å². The molecule has 0 unspecified atom stereocenters. The summed E-state index contributed by atoms with van der Waals surface area (Å²) in [5.74, 6) is -1.11. The van der Waals surface area contributed by atoms with Crippen LogP contribution in [0.15, 0.2) is 72.3 Å². The predicted octanol–water partition coefficient (Wildman–Crippen LogP) is 5.80. The first-order chi connectivity index (χ1) is 18.0. The van der Waals surface area contributed by atoms with Gasteiger partial charge in [-0.3, -0.25) is 9.59 Å². The number of ketones is 1. The number of ether oxygens (including phenoxy) is 2. The number of amides is 1. The van der Waals surface area contributed by atoms with E-state index in [4.69, 9.17) is 9.47 Å². The van der Waals surface area contributed by atoms with Gasteiger partial charge >= 0.3 is 0 Å². The summed E-state index contributed by atoms with van der Waals surface area (Å²) >= 11 is 0. The number of hydrogen-bond donors (Lipinski definition) is 1. The van der Waals surface area contributed by atoms with E-state index in [1.807, 2.05) is 36.4 Å².